The summed E-state index contributed by atoms with van der Waals surface area (Å²) in [4.78, 5) is 0. The van der Waals surface area contributed by atoms with Gasteiger partial charge < -0.3 is 20.3 Å². The van der Waals surface area contributed by atoms with E-state index in [0.29, 0.717) is 17.9 Å². The van der Waals surface area contributed by atoms with Crippen molar-refractivity contribution in [1.29, 1.82) is 0 Å². The van der Waals surface area contributed by atoms with Crippen LogP contribution in [0.3, 0.4) is 0 Å². The van der Waals surface area contributed by atoms with Crippen molar-refractivity contribution in [2.75, 3.05) is 14.2 Å². The summed E-state index contributed by atoms with van der Waals surface area (Å²) in [5.74, 6) is 0.877. The highest BCUT2D eigenvalue weighted by atomic mass is 79.9. The fraction of sp³-hybridized carbons (Fsp3) is 0.500. The molecule has 0 heterocycles. The lowest BCUT2D eigenvalue weighted by molar-refractivity contribution is 0.329. The van der Waals surface area contributed by atoms with Crippen LogP contribution >= 0.6 is 15.9 Å². The molecule has 0 radical (unpaired) electrons. The minimum atomic E-state index is -0.417. The summed E-state index contributed by atoms with van der Waals surface area (Å²) in [6.07, 6.45) is 0.528. The standard InChI is InChI=1S/C12H18BrNO3/c1-12(2,14)6-7-8(13)5-9(16-3)11(17-4)10(7)15/h5,15H,6,14H2,1-4H3. The minimum Gasteiger partial charge on any atom is -0.504 e. The molecule has 1 aromatic rings. The Labute approximate surface area is 110 Å². The van der Waals surface area contributed by atoms with Gasteiger partial charge in [-0.3, -0.25) is 0 Å². The molecule has 0 amide bonds. The van der Waals surface area contributed by atoms with Crippen molar-refractivity contribution in [1.82, 2.24) is 0 Å². The Morgan fingerprint density at radius 2 is 1.94 bits per heavy atom. The van der Waals surface area contributed by atoms with Gasteiger partial charge >= 0.3 is 0 Å². The Morgan fingerprint density at radius 3 is 2.35 bits per heavy atom. The lowest BCUT2D eigenvalue weighted by Gasteiger charge is -2.22. The van der Waals surface area contributed by atoms with Crippen molar-refractivity contribution in [3.8, 4) is 17.2 Å². The van der Waals surface area contributed by atoms with Crippen LogP contribution in [0.5, 0.6) is 17.2 Å². The van der Waals surface area contributed by atoms with Crippen LogP contribution in [0.4, 0.5) is 0 Å². The van der Waals surface area contributed by atoms with Gasteiger partial charge in [-0.2, -0.15) is 0 Å². The van der Waals surface area contributed by atoms with Gasteiger partial charge in [0.25, 0.3) is 0 Å². The fourth-order valence-corrected chi connectivity index (χ4v) is 2.14. The lowest BCUT2D eigenvalue weighted by atomic mass is 9.95. The largest absolute Gasteiger partial charge is 0.504 e. The van der Waals surface area contributed by atoms with Crippen molar-refractivity contribution < 1.29 is 14.6 Å². The summed E-state index contributed by atoms with van der Waals surface area (Å²) in [6, 6.07) is 1.76. The normalized spacial score (nSPS) is 11.4. The molecule has 0 saturated carbocycles. The number of hydrogen-bond donors (Lipinski definition) is 2. The number of ether oxygens (including phenoxy) is 2. The number of nitrogens with two attached hydrogens (primary N) is 1. The summed E-state index contributed by atoms with van der Waals surface area (Å²) in [7, 11) is 3.01. The van der Waals surface area contributed by atoms with Crippen molar-refractivity contribution >= 4 is 15.9 Å². The fourth-order valence-electron chi connectivity index (χ4n) is 1.61. The van der Waals surface area contributed by atoms with Gasteiger partial charge in [0.05, 0.1) is 14.2 Å². The first-order valence-corrected chi connectivity index (χ1v) is 6.00. The first-order chi connectivity index (χ1) is 7.80. The van der Waals surface area contributed by atoms with E-state index in [4.69, 9.17) is 15.2 Å². The third-order valence-electron chi connectivity index (χ3n) is 2.33. The third kappa shape index (κ3) is 3.26. The topological polar surface area (TPSA) is 64.7 Å². The number of halogens is 1. The van der Waals surface area contributed by atoms with Gasteiger partial charge in [0, 0.05) is 15.6 Å². The maximum Gasteiger partial charge on any atom is 0.203 e. The zero-order chi connectivity index (χ0) is 13.2. The van der Waals surface area contributed by atoms with Gasteiger partial charge in [0.1, 0.15) is 0 Å². The zero-order valence-corrected chi connectivity index (χ0v) is 12.1. The maximum atomic E-state index is 10.2. The van der Waals surface area contributed by atoms with Crippen molar-refractivity contribution in [3.05, 3.63) is 16.1 Å². The average molecular weight is 304 g/mol. The molecule has 0 atom stereocenters. The summed E-state index contributed by atoms with van der Waals surface area (Å²) < 4.78 is 11.0. The number of rotatable bonds is 4. The van der Waals surface area contributed by atoms with Crippen LogP contribution in [0.25, 0.3) is 0 Å². The van der Waals surface area contributed by atoms with E-state index in [1.807, 2.05) is 13.8 Å². The molecule has 0 spiro atoms. The summed E-state index contributed by atoms with van der Waals surface area (Å²) in [5, 5.41) is 10.2. The molecule has 1 aromatic carbocycles. The van der Waals surface area contributed by atoms with Crippen LogP contribution in [0, 0.1) is 0 Å². The van der Waals surface area contributed by atoms with Crippen LogP contribution in [0.2, 0.25) is 0 Å². The number of phenols is 1. The number of phenolic OH excluding ortho intramolecular Hbond substituents is 1. The van der Waals surface area contributed by atoms with Crippen LogP contribution in [0.1, 0.15) is 19.4 Å². The molecule has 96 valence electrons. The highest BCUT2D eigenvalue weighted by Crippen LogP contribution is 2.44. The van der Waals surface area contributed by atoms with Crippen LogP contribution in [-0.4, -0.2) is 24.9 Å². The van der Waals surface area contributed by atoms with Gasteiger partial charge in [0.15, 0.2) is 11.5 Å². The zero-order valence-electron chi connectivity index (χ0n) is 10.5. The number of hydrogen-bond acceptors (Lipinski definition) is 4. The van der Waals surface area contributed by atoms with Crippen LogP contribution in [-0.2, 0) is 6.42 Å². The Balaban J connectivity index is 3.32. The first kappa shape index (κ1) is 14.1. The monoisotopic (exact) mass is 303 g/mol. The van der Waals surface area contributed by atoms with E-state index in [9.17, 15) is 5.11 Å². The van der Waals surface area contributed by atoms with Crippen molar-refractivity contribution in [2.24, 2.45) is 5.73 Å². The van der Waals surface area contributed by atoms with Gasteiger partial charge in [-0.25, -0.2) is 0 Å². The second-order valence-corrected chi connectivity index (χ2v) is 5.44. The molecular weight excluding hydrogens is 286 g/mol. The van der Waals surface area contributed by atoms with E-state index in [1.54, 1.807) is 6.07 Å². The molecule has 0 aliphatic rings. The third-order valence-corrected chi connectivity index (χ3v) is 3.03. The lowest BCUT2D eigenvalue weighted by Crippen LogP contribution is -2.34. The predicted molar refractivity (Wildman–Crippen MR) is 70.9 cm³/mol. The predicted octanol–water partition coefficient (Wildman–Crippen LogP) is 2.45. The molecule has 4 nitrogen and oxygen atoms in total. The summed E-state index contributed by atoms with van der Waals surface area (Å²) in [6.45, 7) is 3.80. The molecule has 1 rings (SSSR count). The van der Waals surface area contributed by atoms with Gasteiger partial charge in [0.2, 0.25) is 5.75 Å². The molecule has 0 unspecified atom stereocenters. The van der Waals surface area contributed by atoms with E-state index < -0.39 is 5.54 Å². The van der Waals surface area contributed by atoms with E-state index in [2.05, 4.69) is 15.9 Å². The molecular formula is C12H18BrNO3. The Hall–Kier alpha value is -0.940. The molecule has 0 aliphatic heterocycles. The van der Waals surface area contributed by atoms with Crippen molar-refractivity contribution in [3.63, 3.8) is 0 Å². The second kappa shape index (κ2) is 5.14. The quantitative estimate of drug-likeness (QED) is 0.897. The Bertz CT molecular complexity index is 413. The second-order valence-electron chi connectivity index (χ2n) is 4.59. The maximum absolute atomic E-state index is 10.2. The first-order valence-electron chi connectivity index (χ1n) is 5.21. The summed E-state index contributed by atoms with van der Waals surface area (Å²) in [5.41, 5.74) is 6.26. The molecule has 0 fully saturated rings. The number of aromatic hydroxyl groups is 1. The molecule has 3 N–H and O–H groups in total. The SMILES string of the molecule is COc1cc(Br)c(CC(C)(C)N)c(O)c1OC. The van der Waals surface area contributed by atoms with Crippen LogP contribution in [0.15, 0.2) is 10.5 Å². The Morgan fingerprint density at radius 1 is 1.35 bits per heavy atom. The van der Waals surface area contributed by atoms with Gasteiger partial charge in [-0.15, -0.1) is 0 Å². The molecule has 0 saturated heterocycles. The van der Waals surface area contributed by atoms with E-state index >= 15 is 0 Å². The smallest absolute Gasteiger partial charge is 0.203 e. The number of benzene rings is 1. The number of methoxy groups -OCH3 is 2. The Kier molecular flexibility index (Phi) is 4.27. The van der Waals surface area contributed by atoms with Gasteiger partial charge in [-0.1, -0.05) is 15.9 Å². The van der Waals surface area contributed by atoms with E-state index in [1.165, 1.54) is 14.2 Å². The molecule has 5 heteroatoms. The van der Waals surface area contributed by atoms with Crippen molar-refractivity contribution in [2.45, 2.75) is 25.8 Å². The van der Waals surface area contributed by atoms with E-state index in [-0.39, 0.29) is 5.75 Å². The molecule has 0 aliphatic carbocycles. The van der Waals surface area contributed by atoms with E-state index in [0.717, 1.165) is 10.0 Å². The molecule has 17 heavy (non-hydrogen) atoms. The van der Waals surface area contributed by atoms with Gasteiger partial charge in [-0.05, 0) is 26.3 Å². The summed E-state index contributed by atoms with van der Waals surface area (Å²) >= 11 is 3.40. The highest BCUT2D eigenvalue weighted by Gasteiger charge is 2.22. The minimum absolute atomic E-state index is 0.0669. The molecule has 0 bridgehead atoms. The average Bonchev–Trinajstić information content (AvgIpc) is 2.22. The molecule has 0 aromatic heterocycles. The van der Waals surface area contributed by atoms with Crippen LogP contribution < -0.4 is 15.2 Å². The highest BCUT2D eigenvalue weighted by molar-refractivity contribution is 9.10.